The summed E-state index contributed by atoms with van der Waals surface area (Å²) in [5.41, 5.74) is 1.78. The molecule has 5 nitrogen and oxygen atoms in total. The number of benzene rings is 1. The van der Waals surface area contributed by atoms with Gasteiger partial charge in [-0.3, -0.25) is 4.79 Å². The molecule has 25 heavy (non-hydrogen) atoms. The van der Waals surface area contributed by atoms with Gasteiger partial charge in [0.1, 0.15) is 5.82 Å². The van der Waals surface area contributed by atoms with E-state index in [9.17, 15) is 9.18 Å². The second-order valence-corrected chi connectivity index (χ2v) is 7.34. The summed E-state index contributed by atoms with van der Waals surface area (Å²) in [7, 11) is 0. The first-order chi connectivity index (χ1) is 12.1. The molecule has 2 unspecified atom stereocenters. The lowest BCUT2D eigenvalue weighted by Gasteiger charge is -2.20. The van der Waals surface area contributed by atoms with Gasteiger partial charge in [-0.1, -0.05) is 36.8 Å². The van der Waals surface area contributed by atoms with Gasteiger partial charge in [-0.2, -0.15) is 4.52 Å². The molecule has 1 aliphatic carbocycles. The molecular formula is C18H19FN4OS. The topological polar surface area (TPSA) is 59.3 Å². The van der Waals surface area contributed by atoms with Gasteiger partial charge >= 0.3 is 0 Å². The number of fused-ring (bicyclic) bond motifs is 1. The molecule has 2 atom stereocenters. The Balaban J connectivity index is 1.60. The van der Waals surface area contributed by atoms with Crippen LogP contribution in [0.2, 0.25) is 0 Å². The monoisotopic (exact) mass is 358 g/mol. The molecule has 0 amide bonds. The maximum atomic E-state index is 13.2. The van der Waals surface area contributed by atoms with Crippen molar-refractivity contribution in [1.29, 1.82) is 0 Å². The van der Waals surface area contributed by atoms with Crippen LogP contribution in [0.1, 0.15) is 43.4 Å². The second-order valence-electron chi connectivity index (χ2n) is 6.38. The number of hydrogen-bond acceptors (Lipinski definition) is 5. The fourth-order valence-corrected chi connectivity index (χ4v) is 4.38. The van der Waals surface area contributed by atoms with Crippen molar-refractivity contribution in [2.24, 2.45) is 0 Å². The van der Waals surface area contributed by atoms with E-state index in [1.807, 2.05) is 19.1 Å². The number of hydrogen-bond donors (Lipinski definition) is 1. The van der Waals surface area contributed by atoms with Crippen LogP contribution in [0.15, 0.2) is 35.1 Å². The third kappa shape index (κ3) is 3.16. The number of halogens is 1. The van der Waals surface area contributed by atoms with E-state index < -0.39 is 0 Å². The van der Waals surface area contributed by atoms with Crippen LogP contribution >= 0.6 is 11.3 Å². The fraction of sp³-hybridized carbons (Fsp3) is 0.389. The quantitative estimate of drug-likeness (QED) is 0.774. The zero-order valence-corrected chi connectivity index (χ0v) is 14.7. The van der Waals surface area contributed by atoms with Crippen LogP contribution in [0, 0.1) is 5.82 Å². The highest BCUT2D eigenvalue weighted by Gasteiger charge is 2.29. The average molecular weight is 358 g/mol. The molecule has 2 heterocycles. The van der Waals surface area contributed by atoms with Crippen molar-refractivity contribution in [2.45, 2.75) is 44.6 Å². The van der Waals surface area contributed by atoms with Gasteiger partial charge in [0.15, 0.2) is 0 Å². The molecule has 0 aliphatic heterocycles. The molecule has 1 aromatic carbocycles. The largest absolute Gasteiger partial charge is 0.357 e. The first-order valence-electron chi connectivity index (χ1n) is 8.56. The van der Waals surface area contributed by atoms with E-state index in [0.717, 1.165) is 36.9 Å². The number of aromatic nitrogens is 3. The molecule has 1 saturated carbocycles. The van der Waals surface area contributed by atoms with E-state index in [2.05, 4.69) is 15.4 Å². The summed E-state index contributed by atoms with van der Waals surface area (Å²) in [6.45, 7) is 1.98. The summed E-state index contributed by atoms with van der Waals surface area (Å²) in [6.07, 6.45) is 3.93. The molecule has 0 saturated heterocycles. The van der Waals surface area contributed by atoms with Crippen molar-refractivity contribution in [3.63, 3.8) is 0 Å². The van der Waals surface area contributed by atoms with E-state index in [1.54, 1.807) is 0 Å². The SMILES string of the molecule is CCc1cc(=O)n2nc(NC3CCCC3c3ccc(F)cc3)sc2n1. The molecule has 0 radical (unpaired) electrons. The second kappa shape index (κ2) is 6.55. The normalized spacial score (nSPS) is 20.2. The van der Waals surface area contributed by atoms with Crippen LogP contribution in [0.3, 0.4) is 0 Å². The van der Waals surface area contributed by atoms with E-state index in [-0.39, 0.29) is 17.4 Å². The summed E-state index contributed by atoms with van der Waals surface area (Å²) in [5.74, 6) is 0.109. The van der Waals surface area contributed by atoms with Gasteiger partial charge in [-0.15, -0.1) is 5.10 Å². The standard InChI is InChI=1S/C18H19FN4OS/c1-2-13-10-16(24)23-18(20-13)25-17(22-23)21-15-5-3-4-14(15)11-6-8-12(19)9-7-11/h6-10,14-15H,2-5H2,1H3,(H,21,22). The van der Waals surface area contributed by atoms with Crippen molar-refractivity contribution in [1.82, 2.24) is 14.6 Å². The van der Waals surface area contributed by atoms with E-state index in [4.69, 9.17) is 0 Å². The Hall–Kier alpha value is -2.28. The molecule has 7 heteroatoms. The lowest BCUT2D eigenvalue weighted by molar-refractivity contribution is 0.618. The predicted molar refractivity (Wildman–Crippen MR) is 96.9 cm³/mol. The third-order valence-electron chi connectivity index (χ3n) is 4.78. The molecule has 0 spiro atoms. The zero-order chi connectivity index (χ0) is 17.4. The number of aryl methyl sites for hydroxylation is 1. The lowest BCUT2D eigenvalue weighted by Crippen LogP contribution is -2.23. The van der Waals surface area contributed by atoms with Crippen LogP contribution in [-0.4, -0.2) is 20.6 Å². The highest BCUT2D eigenvalue weighted by Crippen LogP contribution is 2.37. The maximum Gasteiger partial charge on any atom is 0.275 e. The molecule has 2 aromatic heterocycles. The van der Waals surface area contributed by atoms with Gasteiger partial charge in [-0.25, -0.2) is 9.37 Å². The van der Waals surface area contributed by atoms with Gasteiger partial charge in [0.05, 0.1) is 0 Å². The molecule has 1 N–H and O–H groups in total. The minimum Gasteiger partial charge on any atom is -0.357 e. The lowest BCUT2D eigenvalue weighted by atomic mass is 9.94. The van der Waals surface area contributed by atoms with E-state index in [0.29, 0.717) is 16.0 Å². The van der Waals surface area contributed by atoms with Gasteiger partial charge in [0.25, 0.3) is 5.56 Å². The minimum absolute atomic E-state index is 0.146. The van der Waals surface area contributed by atoms with Crippen molar-refractivity contribution >= 4 is 21.4 Å². The Labute approximate surface area is 148 Å². The van der Waals surface area contributed by atoms with Crippen LogP contribution in [0.5, 0.6) is 0 Å². The number of nitrogens with zero attached hydrogens (tertiary/aromatic N) is 3. The average Bonchev–Trinajstić information content (AvgIpc) is 3.22. The van der Waals surface area contributed by atoms with Crippen molar-refractivity contribution in [3.05, 3.63) is 57.8 Å². The Morgan fingerprint density at radius 3 is 2.88 bits per heavy atom. The molecule has 0 bridgehead atoms. The van der Waals surface area contributed by atoms with Crippen LogP contribution in [0.25, 0.3) is 4.96 Å². The third-order valence-corrected chi connectivity index (χ3v) is 5.62. The summed E-state index contributed by atoms with van der Waals surface area (Å²) in [6, 6.07) is 8.51. The summed E-state index contributed by atoms with van der Waals surface area (Å²) in [4.78, 5) is 17.2. The van der Waals surface area contributed by atoms with Crippen LogP contribution < -0.4 is 10.9 Å². The number of nitrogens with one attached hydrogen (secondary N) is 1. The highest BCUT2D eigenvalue weighted by atomic mass is 32.1. The molecular weight excluding hydrogens is 339 g/mol. The maximum absolute atomic E-state index is 13.2. The smallest absolute Gasteiger partial charge is 0.275 e. The van der Waals surface area contributed by atoms with Crippen molar-refractivity contribution in [2.75, 3.05) is 5.32 Å². The highest BCUT2D eigenvalue weighted by molar-refractivity contribution is 7.20. The van der Waals surface area contributed by atoms with Crippen LogP contribution in [0.4, 0.5) is 9.52 Å². The van der Waals surface area contributed by atoms with Gasteiger partial charge in [0, 0.05) is 23.7 Å². The Morgan fingerprint density at radius 2 is 2.12 bits per heavy atom. The minimum atomic E-state index is -0.213. The first kappa shape index (κ1) is 16.2. The van der Waals surface area contributed by atoms with E-state index >= 15 is 0 Å². The van der Waals surface area contributed by atoms with Crippen molar-refractivity contribution < 1.29 is 4.39 Å². The van der Waals surface area contributed by atoms with Gasteiger partial charge in [-0.05, 0) is 37.0 Å². The van der Waals surface area contributed by atoms with Gasteiger partial charge < -0.3 is 5.32 Å². The molecule has 4 rings (SSSR count). The summed E-state index contributed by atoms with van der Waals surface area (Å²) < 4.78 is 14.5. The zero-order valence-electron chi connectivity index (χ0n) is 13.9. The summed E-state index contributed by atoms with van der Waals surface area (Å²) >= 11 is 1.40. The molecule has 130 valence electrons. The predicted octanol–water partition coefficient (Wildman–Crippen LogP) is 3.60. The Kier molecular flexibility index (Phi) is 4.25. The Bertz CT molecular complexity index is 950. The first-order valence-corrected chi connectivity index (χ1v) is 9.37. The van der Waals surface area contributed by atoms with Gasteiger partial charge in [0.2, 0.25) is 10.1 Å². The van der Waals surface area contributed by atoms with Crippen LogP contribution in [-0.2, 0) is 6.42 Å². The van der Waals surface area contributed by atoms with E-state index in [1.165, 1.54) is 34.1 Å². The molecule has 1 fully saturated rings. The summed E-state index contributed by atoms with van der Waals surface area (Å²) in [5, 5.41) is 8.56. The number of rotatable bonds is 4. The fourth-order valence-electron chi connectivity index (χ4n) is 3.50. The Morgan fingerprint density at radius 1 is 1.32 bits per heavy atom. The molecule has 3 aromatic rings. The molecule has 1 aliphatic rings. The van der Waals surface area contributed by atoms with Crippen molar-refractivity contribution in [3.8, 4) is 0 Å². The number of anilines is 1.